The van der Waals surface area contributed by atoms with Crippen LogP contribution in [-0.4, -0.2) is 22.7 Å². The van der Waals surface area contributed by atoms with Gasteiger partial charge in [0.15, 0.2) is 0 Å². The molecule has 0 saturated heterocycles. The first kappa shape index (κ1) is 17.2. The van der Waals surface area contributed by atoms with E-state index in [2.05, 4.69) is 10.5 Å². The summed E-state index contributed by atoms with van der Waals surface area (Å²) in [4.78, 5) is 12.0. The van der Waals surface area contributed by atoms with Gasteiger partial charge in [0.2, 0.25) is 5.91 Å². The zero-order valence-electron chi connectivity index (χ0n) is 13.9. The third kappa shape index (κ3) is 4.66. The van der Waals surface area contributed by atoms with Gasteiger partial charge in [-0.25, -0.2) is 0 Å². The lowest BCUT2D eigenvalue weighted by Gasteiger charge is -2.23. The number of nitrogens with zero attached hydrogens (tertiary/aromatic N) is 1. The molecule has 0 aliphatic rings. The van der Waals surface area contributed by atoms with Crippen LogP contribution >= 0.6 is 0 Å². The van der Waals surface area contributed by atoms with E-state index < -0.39 is 5.60 Å². The first-order chi connectivity index (χ1) is 10.9. The van der Waals surface area contributed by atoms with Crippen molar-refractivity contribution in [2.45, 2.75) is 45.6 Å². The fourth-order valence-electron chi connectivity index (χ4n) is 2.63. The van der Waals surface area contributed by atoms with Gasteiger partial charge in [0.05, 0.1) is 17.7 Å². The SMILES string of the molecule is Cc1noc(C)c1CCCNC(=O)CC(C)(O)c1ccccc1. The zero-order chi connectivity index (χ0) is 16.9. The van der Waals surface area contributed by atoms with Crippen LogP contribution in [-0.2, 0) is 16.8 Å². The lowest BCUT2D eigenvalue weighted by Crippen LogP contribution is -2.33. The van der Waals surface area contributed by atoms with Gasteiger partial charge in [0.1, 0.15) is 5.76 Å². The molecule has 2 N–H and O–H groups in total. The summed E-state index contributed by atoms with van der Waals surface area (Å²) in [7, 11) is 0. The number of carbonyl (C=O) groups excluding carboxylic acids is 1. The minimum atomic E-state index is -1.16. The van der Waals surface area contributed by atoms with Crippen LogP contribution in [0.25, 0.3) is 0 Å². The lowest BCUT2D eigenvalue weighted by atomic mass is 9.92. The summed E-state index contributed by atoms with van der Waals surface area (Å²) in [6.07, 6.45) is 1.67. The highest BCUT2D eigenvalue weighted by Crippen LogP contribution is 2.23. The molecule has 1 atom stereocenters. The number of amides is 1. The largest absolute Gasteiger partial charge is 0.385 e. The molecule has 0 fully saturated rings. The first-order valence-corrected chi connectivity index (χ1v) is 7.86. The van der Waals surface area contributed by atoms with Crippen molar-refractivity contribution in [2.75, 3.05) is 6.54 Å². The van der Waals surface area contributed by atoms with Crippen LogP contribution in [0.2, 0.25) is 0 Å². The van der Waals surface area contributed by atoms with Gasteiger partial charge in [-0.2, -0.15) is 0 Å². The fraction of sp³-hybridized carbons (Fsp3) is 0.444. The minimum Gasteiger partial charge on any atom is -0.385 e. The van der Waals surface area contributed by atoms with Crippen LogP contribution in [0.4, 0.5) is 0 Å². The Morgan fingerprint density at radius 2 is 2.00 bits per heavy atom. The Bertz CT molecular complexity index is 628. The molecule has 1 aromatic carbocycles. The molecule has 5 heteroatoms. The Balaban J connectivity index is 1.77. The number of aliphatic hydroxyl groups is 1. The van der Waals surface area contributed by atoms with E-state index in [0.717, 1.165) is 35.4 Å². The number of benzene rings is 1. The molecule has 1 amide bonds. The van der Waals surface area contributed by atoms with Crippen molar-refractivity contribution in [2.24, 2.45) is 0 Å². The molecule has 5 nitrogen and oxygen atoms in total. The molecular formula is C18H24N2O3. The summed E-state index contributed by atoms with van der Waals surface area (Å²) in [5.41, 5.74) is 1.59. The van der Waals surface area contributed by atoms with Crippen LogP contribution in [0, 0.1) is 13.8 Å². The molecule has 0 aliphatic carbocycles. The van der Waals surface area contributed by atoms with Crippen LogP contribution in [0.5, 0.6) is 0 Å². The second-order valence-electron chi connectivity index (χ2n) is 6.07. The van der Waals surface area contributed by atoms with Gasteiger partial charge in [-0.15, -0.1) is 0 Å². The fourth-order valence-corrected chi connectivity index (χ4v) is 2.63. The van der Waals surface area contributed by atoms with E-state index in [9.17, 15) is 9.90 Å². The third-order valence-corrected chi connectivity index (χ3v) is 4.01. The second-order valence-corrected chi connectivity index (χ2v) is 6.07. The van der Waals surface area contributed by atoms with Crippen LogP contribution in [0.15, 0.2) is 34.9 Å². The highest BCUT2D eigenvalue weighted by molar-refractivity contribution is 5.77. The summed E-state index contributed by atoms with van der Waals surface area (Å²) in [6.45, 7) is 6.03. The van der Waals surface area contributed by atoms with Crippen molar-refractivity contribution in [3.63, 3.8) is 0 Å². The van der Waals surface area contributed by atoms with Crippen molar-refractivity contribution >= 4 is 5.91 Å². The van der Waals surface area contributed by atoms with E-state index in [1.54, 1.807) is 6.92 Å². The summed E-state index contributed by atoms with van der Waals surface area (Å²) in [6, 6.07) is 9.24. The van der Waals surface area contributed by atoms with E-state index in [-0.39, 0.29) is 12.3 Å². The Kier molecular flexibility index (Phi) is 5.55. The van der Waals surface area contributed by atoms with Gasteiger partial charge in [0, 0.05) is 12.1 Å². The molecule has 2 rings (SSSR count). The Morgan fingerprint density at radius 1 is 1.30 bits per heavy atom. The topological polar surface area (TPSA) is 75.4 Å². The summed E-state index contributed by atoms with van der Waals surface area (Å²) >= 11 is 0. The standard InChI is InChI=1S/C18H24N2O3/c1-13-16(14(2)23-20-13)10-7-11-19-17(21)12-18(3,22)15-8-5-4-6-9-15/h4-6,8-9,22H,7,10-12H2,1-3H3,(H,19,21). The second kappa shape index (κ2) is 7.42. The first-order valence-electron chi connectivity index (χ1n) is 7.86. The third-order valence-electron chi connectivity index (χ3n) is 4.01. The summed E-state index contributed by atoms with van der Waals surface area (Å²) in [5.74, 6) is 0.679. The number of hydrogen-bond donors (Lipinski definition) is 2. The molecule has 0 saturated carbocycles. The average Bonchev–Trinajstić information content (AvgIpc) is 2.83. The zero-order valence-corrected chi connectivity index (χ0v) is 13.9. The maximum atomic E-state index is 12.0. The smallest absolute Gasteiger partial charge is 0.223 e. The molecule has 1 aromatic heterocycles. The van der Waals surface area contributed by atoms with Gasteiger partial charge in [-0.05, 0) is 39.2 Å². The number of rotatable bonds is 7. The minimum absolute atomic E-state index is 0.0440. The molecule has 23 heavy (non-hydrogen) atoms. The molecule has 0 bridgehead atoms. The molecular weight excluding hydrogens is 292 g/mol. The summed E-state index contributed by atoms with van der Waals surface area (Å²) in [5, 5.41) is 17.2. The van der Waals surface area contributed by atoms with Crippen molar-refractivity contribution in [1.82, 2.24) is 10.5 Å². The maximum absolute atomic E-state index is 12.0. The predicted molar refractivity (Wildman–Crippen MR) is 87.9 cm³/mol. The number of carbonyl (C=O) groups is 1. The quantitative estimate of drug-likeness (QED) is 0.770. The highest BCUT2D eigenvalue weighted by atomic mass is 16.5. The van der Waals surface area contributed by atoms with Crippen molar-refractivity contribution in [3.8, 4) is 0 Å². The summed E-state index contributed by atoms with van der Waals surface area (Å²) < 4.78 is 5.12. The number of aromatic nitrogens is 1. The number of aryl methyl sites for hydroxylation is 2. The highest BCUT2D eigenvalue weighted by Gasteiger charge is 2.26. The van der Waals surface area contributed by atoms with Gasteiger partial charge in [-0.3, -0.25) is 4.79 Å². The molecule has 0 aliphatic heterocycles. The van der Waals surface area contributed by atoms with Crippen molar-refractivity contribution < 1.29 is 14.4 Å². The molecule has 0 spiro atoms. The molecule has 1 heterocycles. The Morgan fingerprint density at radius 3 is 2.61 bits per heavy atom. The Labute approximate surface area is 136 Å². The van der Waals surface area contributed by atoms with Gasteiger partial charge in [-0.1, -0.05) is 35.5 Å². The van der Waals surface area contributed by atoms with Crippen LogP contribution in [0.1, 0.15) is 42.3 Å². The van der Waals surface area contributed by atoms with E-state index in [0.29, 0.717) is 6.54 Å². The van der Waals surface area contributed by atoms with Crippen LogP contribution < -0.4 is 5.32 Å². The normalized spacial score (nSPS) is 13.6. The van der Waals surface area contributed by atoms with E-state index >= 15 is 0 Å². The van der Waals surface area contributed by atoms with Crippen molar-refractivity contribution in [3.05, 3.63) is 52.9 Å². The molecule has 2 aromatic rings. The number of nitrogens with one attached hydrogen (secondary N) is 1. The van der Waals surface area contributed by atoms with E-state index in [4.69, 9.17) is 4.52 Å². The molecule has 0 radical (unpaired) electrons. The average molecular weight is 316 g/mol. The Hall–Kier alpha value is -2.14. The van der Waals surface area contributed by atoms with E-state index in [1.807, 2.05) is 44.2 Å². The van der Waals surface area contributed by atoms with Gasteiger partial charge in [0.25, 0.3) is 0 Å². The molecule has 124 valence electrons. The van der Waals surface area contributed by atoms with Gasteiger partial charge >= 0.3 is 0 Å². The molecule has 1 unspecified atom stereocenters. The van der Waals surface area contributed by atoms with Gasteiger partial charge < -0.3 is 14.9 Å². The maximum Gasteiger partial charge on any atom is 0.223 e. The number of hydrogen-bond acceptors (Lipinski definition) is 4. The van der Waals surface area contributed by atoms with E-state index in [1.165, 1.54) is 0 Å². The lowest BCUT2D eigenvalue weighted by molar-refractivity contribution is -0.125. The van der Waals surface area contributed by atoms with Crippen molar-refractivity contribution in [1.29, 1.82) is 0 Å². The monoisotopic (exact) mass is 316 g/mol. The predicted octanol–water partition coefficient (Wildman–Crippen LogP) is 2.64. The van der Waals surface area contributed by atoms with Crippen LogP contribution in [0.3, 0.4) is 0 Å².